The van der Waals surface area contributed by atoms with Crippen LogP contribution in [0.2, 0.25) is 0 Å². The highest BCUT2D eigenvalue weighted by molar-refractivity contribution is 6.14. The number of rotatable bonds is 5. The fourth-order valence-corrected chi connectivity index (χ4v) is 5.24. The normalized spacial score (nSPS) is 14.9. The molecule has 46 heavy (non-hydrogen) atoms. The molecule has 0 atom stereocenters. The van der Waals surface area contributed by atoms with Crippen molar-refractivity contribution in [3.05, 3.63) is 60.3 Å². The predicted molar refractivity (Wildman–Crippen MR) is 180 cm³/mol. The lowest BCUT2D eigenvalue weighted by atomic mass is 9.97. The number of benzene rings is 2. The Balaban J connectivity index is 1.68. The first-order chi connectivity index (χ1) is 21.4. The molecule has 4 rings (SSSR count). The van der Waals surface area contributed by atoms with Gasteiger partial charge in [0.15, 0.2) is 5.82 Å². The number of fused-ring (bicyclic) bond motifs is 1. The van der Waals surface area contributed by atoms with Crippen molar-refractivity contribution in [2.75, 3.05) is 18.0 Å². The summed E-state index contributed by atoms with van der Waals surface area (Å²) in [4.78, 5) is 47.4. The molecule has 1 fully saturated rings. The third-order valence-corrected chi connectivity index (χ3v) is 7.08. The Morgan fingerprint density at radius 2 is 1.39 bits per heavy atom. The van der Waals surface area contributed by atoms with E-state index < -0.39 is 29.0 Å². The number of imide groups is 1. The van der Waals surface area contributed by atoms with E-state index in [4.69, 9.17) is 14.2 Å². The van der Waals surface area contributed by atoms with Gasteiger partial charge in [0.25, 0.3) is 0 Å². The standard InChI is InChI=1S/C36H48N4O6/c1-34(2,3)44-31(41)38-27-17-19-39(20-18-27)23-24-15-16-26-22-37-30(29(28(26)21-24)25-13-11-10-12-14-25)40(32(42)45-35(4,5)6)33(43)46-36(7,8)9/h10-16,21-22,27H,17-20,23H2,1-9H3,(H,38,41). The first-order valence-corrected chi connectivity index (χ1v) is 15.8. The Bertz CT molecular complexity index is 1520. The highest BCUT2D eigenvalue weighted by Crippen LogP contribution is 2.38. The Kier molecular flexibility index (Phi) is 10.3. The van der Waals surface area contributed by atoms with Crippen LogP contribution in [-0.2, 0) is 20.8 Å². The average Bonchev–Trinajstić information content (AvgIpc) is 2.91. The fraction of sp³-hybridized carbons (Fsp3) is 0.500. The zero-order valence-electron chi connectivity index (χ0n) is 28.6. The summed E-state index contributed by atoms with van der Waals surface area (Å²) < 4.78 is 16.8. The summed E-state index contributed by atoms with van der Waals surface area (Å²) in [6.07, 6.45) is 1.17. The van der Waals surface area contributed by atoms with E-state index in [9.17, 15) is 14.4 Å². The van der Waals surface area contributed by atoms with Crippen LogP contribution in [-0.4, -0.2) is 64.1 Å². The molecule has 10 nitrogen and oxygen atoms in total. The molecule has 0 unspecified atom stereocenters. The molecule has 0 aliphatic carbocycles. The molecule has 2 heterocycles. The van der Waals surface area contributed by atoms with Crippen molar-refractivity contribution in [3.63, 3.8) is 0 Å². The highest BCUT2D eigenvalue weighted by atomic mass is 16.6. The summed E-state index contributed by atoms with van der Waals surface area (Å²) >= 11 is 0. The largest absolute Gasteiger partial charge is 0.444 e. The summed E-state index contributed by atoms with van der Waals surface area (Å²) in [7, 11) is 0. The number of ether oxygens (including phenoxy) is 3. The van der Waals surface area contributed by atoms with Gasteiger partial charge in [-0.25, -0.2) is 19.4 Å². The van der Waals surface area contributed by atoms with Crippen molar-refractivity contribution < 1.29 is 28.6 Å². The maximum absolute atomic E-state index is 13.6. The van der Waals surface area contributed by atoms with Crippen molar-refractivity contribution in [1.82, 2.24) is 15.2 Å². The van der Waals surface area contributed by atoms with Crippen LogP contribution in [0.3, 0.4) is 0 Å². The number of carbonyl (C=O) groups is 3. The third-order valence-electron chi connectivity index (χ3n) is 7.08. The van der Waals surface area contributed by atoms with Crippen LogP contribution in [0.25, 0.3) is 21.9 Å². The molecule has 0 spiro atoms. The number of amides is 3. The highest BCUT2D eigenvalue weighted by Gasteiger charge is 2.36. The SMILES string of the molecule is CC(C)(C)OC(=O)NC1CCN(Cc2ccc3cnc(N(C(=O)OC(C)(C)C)C(=O)OC(C)(C)C)c(-c4ccccc4)c3c2)CC1. The summed E-state index contributed by atoms with van der Waals surface area (Å²) in [6, 6.07) is 15.8. The van der Waals surface area contributed by atoms with Gasteiger partial charge in [-0.3, -0.25) is 4.90 Å². The van der Waals surface area contributed by atoms with Gasteiger partial charge in [-0.2, -0.15) is 4.90 Å². The molecule has 10 heteroatoms. The monoisotopic (exact) mass is 632 g/mol. The van der Waals surface area contributed by atoms with Crippen LogP contribution in [0.1, 0.15) is 80.7 Å². The van der Waals surface area contributed by atoms with E-state index in [-0.39, 0.29) is 18.0 Å². The lowest BCUT2D eigenvalue weighted by molar-refractivity contribution is 0.0424. The van der Waals surface area contributed by atoms with Gasteiger partial charge in [-0.15, -0.1) is 0 Å². The maximum atomic E-state index is 13.6. The quantitative estimate of drug-likeness (QED) is 0.281. The molecule has 0 bridgehead atoms. The lowest BCUT2D eigenvalue weighted by Crippen LogP contribution is -2.45. The number of nitrogens with zero attached hydrogens (tertiary/aromatic N) is 3. The minimum Gasteiger partial charge on any atom is -0.444 e. The summed E-state index contributed by atoms with van der Waals surface area (Å²) in [5.74, 6) is 0.133. The van der Waals surface area contributed by atoms with Crippen LogP contribution in [0.15, 0.2) is 54.7 Å². The van der Waals surface area contributed by atoms with E-state index in [0.29, 0.717) is 12.1 Å². The summed E-state index contributed by atoms with van der Waals surface area (Å²) in [5, 5.41) is 4.70. The van der Waals surface area contributed by atoms with Gasteiger partial charge in [-0.05, 0) is 97.7 Å². The minimum absolute atomic E-state index is 0.0627. The topological polar surface area (TPSA) is 110 Å². The van der Waals surface area contributed by atoms with E-state index in [1.54, 1.807) is 47.7 Å². The molecule has 1 N–H and O–H groups in total. The molecule has 0 saturated carbocycles. The zero-order chi connectivity index (χ0) is 33.9. The van der Waals surface area contributed by atoms with Crippen LogP contribution in [0, 0.1) is 0 Å². The maximum Gasteiger partial charge on any atom is 0.425 e. The molecule has 3 aromatic rings. The molecule has 1 aliphatic heterocycles. The number of pyridine rings is 1. The minimum atomic E-state index is -0.871. The second kappa shape index (κ2) is 13.7. The second-order valence-electron chi connectivity index (χ2n) is 14.7. The van der Waals surface area contributed by atoms with Crippen molar-refractivity contribution in [3.8, 4) is 11.1 Å². The Morgan fingerprint density at radius 1 is 0.826 bits per heavy atom. The van der Waals surface area contributed by atoms with Gasteiger partial charge < -0.3 is 19.5 Å². The van der Waals surface area contributed by atoms with Gasteiger partial charge in [0, 0.05) is 42.8 Å². The van der Waals surface area contributed by atoms with Gasteiger partial charge in [0.2, 0.25) is 0 Å². The Hall–Kier alpha value is -4.18. The number of aromatic nitrogens is 1. The average molecular weight is 633 g/mol. The molecule has 248 valence electrons. The third kappa shape index (κ3) is 9.66. The molecule has 0 radical (unpaired) electrons. The van der Waals surface area contributed by atoms with E-state index in [0.717, 1.165) is 52.7 Å². The molecule has 2 aromatic carbocycles. The molecule has 1 aromatic heterocycles. The Morgan fingerprint density at radius 3 is 1.93 bits per heavy atom. The van der Waals surface area contributed by atoms with Crippen LogP contribution >= 0.6 is 0 Å². The molecular weight excluding hydrogens is 584 g/mol. The van der Waals surface area contributed by atoms with Crippen molar-refractivity contribution in [2.24, 2.45) is 0 Å². The molecule has 1 saturated heterocycles. The lowest BCUT2D eigenvalue weighted by Gasteiger charge is -2.33. The first kappa shape index (κ1) is 34.7. The van der Waals surface area contributed by atoms with E-state index in [2.05, 4.69) is 27.3 Å². The Labute approximate surface area is 272 Å². The van der Waals surface area contributed by atoms with Crippen LogP contribution in [0.4, 0.5) is 20.2 Å². The van der Waals surface area contributed by atoms with Gasteiger partial charge in [0.05, 0.1) is 0 Å². The van der Waals surface area contributed by atoms with Gasteiger partial charge in [0.1, 0.15) is 16.8 Å². The molecule has 3 amide bonds. The number of anilines is 1. The number of hydrogen-bond acceptors (Lipinski definition) is 8. The fourth-order valence-electron chi connectivity index (χ4n) is 5.24. The van der Waals surface area contributed by atoms with E-state index in [1.165, 1.54) is 0 Å². The number of piperidine rings is 1. The van der Waals surface area contributed by atoms with E-state index >= 15 is 0 Å². The number of likely N-dealkylation sites (tertiary alicyclic amines) is 1. The number of hydrogen-bond donors (Lipinski definition) is 1. The molecule has 1 aliphatic rings. The number of alkyl carbamates (subject to hydrolysis) is 1. The number of carbonyl (C=O) groups excluding carboxylic acids is 3. The van der Waals surface area contributed by atoms with Crippen molar-refractivity contribution in [2.45, 2.75) is 105 Å². The van der Waals surface area contributed by atoms with Crippen molar-refractivity contribution in [1.29, 1.82) is 0 Å². The van der Waals surface area contributed by atoms with Crippen molar-refractivity contribution >= 4 is 34.9 Å². The number of nitrogens with one attached hydrogen (secondary N) is 1. The van der Waals surface area contributed by atoms with E-state index in [1.807, 2.05) is 57.2 Å². The second-order valence-corrected chi connectivity index (χ2v) is 14.7. The predicted octanol–water partition coefficient (Wildman–Crippen LogP) is 8.07. The van der Waals surface area contributed by atoms with Gasteiger partial charge >= 0.3 is 18.3 Å². The summed E-state index contributed by atoms with van der Waals surface area (Å²) in [5.41, 5.74) is 0.234. The molecular formula is C36H48N4O6. The zero-order valence-corrected chi connectivity index (χ0v) is 28.6. The van der Waals surface area contributed by atoms with Crippen LogP contribution in [0.5, 0.6) is 0 Å². The van der Waals surface area contributed by atoms with Gasteiger partial charge in [-0.1, -0.05) is 42.5 Å². The van der Waals surface area contributed by atoms with Crippen LogP contribution < -0.4 is 10.2 Å². The summed E-state index contributed by atoms with van der Waals surface area (Å²) in [6.45, 7) is 18.4. The smallest absolute Gasteiger partial charge is 0.425 e. The first-order valence-electron chi connectivity index (χ1n) is 15.8.